The largest absolute Gasteiger partial charge is 0.392 e. The van der Waals surface area contributed by atoms with Crippen molar-refractivity contribution in [3.8, 4) is 0 Å². The van der Waals surface area contributed by atoms with Gasteiger partial charge in [-0.15, -0.1) is 0 Å². The Morgan fingerprint density at radius 3 is 2.75 bits per heavy atom. The predicted molar refractivity (Wildman–Crippen MR) is 96.4 cm³/mol. The van der Waals surface area contributed by atoms with E-state index in [1.54, 1.807) is 10.8 Å². The number of halogens is 4. The zero-order valence-corrected chi connectivity index (χ0v) is 15.7. The minimum Gasteiger partial charge on any atom is -0.309 e. The fourth-order valence-corrected chi connectivity index (χ4v) is 4.05. The highest BCUT2D eigenvalue weighted by molar-refractivity contribution is 5.91. The average Bonchev–Trinajstić information content (AvgIpc) is 3.22. The number of rotatable bonds is 4. The number of anilines is 1. The lowest BCUT2D eigenvalue weighted by atomic mass is 9.86. The number of hydrogen-bond acceptors (Lipinski definition) is 2. The molecule has 0 aromatic carbocycles. The number of fused-ring (bicyclic) bond motifs is 1. The van der Waals surface area contributed by atoms with Crippen LogP contribution in [0.5, 0.6) is 0 Å². The van der Waals surface area contributed by atoms with Crippen molar-refractivity contribution >= 4 is 11.7 Å². The number of aryl methyl sites for hydroxylation is 1. The molecule has 1 N–H and O–H groups in total. The number of nitrogens with one attached hydrogen (secondary N) is 1. The number of hydrogen-bond donors (Lipinski definition) is 1. The van der Waals surface area contributed by atoms with E-state index in [0.29, 0.717) is 29.9 Å². The molecular formula is C20H23F4N3O. The van der Waals surface area contributed by atoms with Crippen LogP contribution in [-0.2, 0) is 17.8 Å². The van der Waals surface area contributed by atoms with Crippen LogP contribution in [0, 0.1) is 11.3 Å². The van der Waals surface area contributed by atoms with Crippen LogP contribution < -0.4 is 5.32 Å². The molecule has 8 heteroatoms. The smallest absolute Gasteiger partial charge is 0.309 e. The zero-order chi connectivity index (χ0) is 20.1. The molecule has 2 heterocycles. The molecule has 0 bridgehead atoms. The second-order valence-electron chi connectivity index (χ2n) is 8.49. The molecule has 1 aromatic rings. The normalized spacial score (nSPS) is 25.8. The van der Waals surface area contributed by atoms with Crippen LogP contribution in [0.2, 0.25) is 0 Å². The van der Waals surface area contributed by atoms with Gasteiger partial charge in [-0.05, 0) is 43.3 Å². The lowest BCUT2D eigenvalue weighted by Crippen LogP contribution is -2.31. The Labute approximate surface area is 160 Å². The first-order valence-corrected chi connectivity index (χ1v) is 9.65. The lowest BCUT2D eigenvalue weighted by Gasteiger charge is -2.27. The van der Waals surface area contributed by atoms with Gasteiger partial charge in [-0.1, -0.05) is 13.0 Å². The molecule has 2 aliphatic carbocycles. The van der Waals surface area contributed by atoms with Crippen LogP contribution in [0.15, 0.2) is 24.1 Å². The summed E-state index contributed by atoms with van der Waals surface area (Å²) in [7, 11) is 0. The molecule has 1 aliphatic heterocycles. The summed E-state index contributed by atoms with van der Waals surface area (Å²) in [6, 6.07) is 0. The molecule has 1 fully saturated rings. The van der Waals surface area contributed by atoms with E-state index in [1.165, 1.54) is 12.2 Å². The second kappa shape index (κ2) is 6.74. The number of aromatic nitrogens is 2. The molecule has 152 valence electrons. The van der Waals surface area contributed by atoms with Gasteiger partial charge in [0, 0.05) is 36.6 Å². The zero-order valence-electron chi connectivity index (χ0n) is 15.7. The molecule has 2 unspecified atom stereocenters. The maximum Gasteiger partial charge on any atom is 0.392 e. The van der Waals surface area contributed by atoms with Crippen molar-refractivity contribution in [2.45, 2.75) is 64.1 Å². The fourth-order valence-electron chi connectivity index (χ4n) is 4.05. The quantitative estimate of drug-likeness (QED) is 0.724. The fraction of sp³-hybridized carbons (Fsp3) is 0.600. The first-order chi connectivity index (χ1) is 13.1. The maximum atomic E-state index is 13.4. The van der Waals surface area contributed by atoms with Crippen molar-refractivity contribution in [1.29, 1.82) is 0 Å². The first-order valence-electron chi connectivity index (χ1n) is 9.65. The van der Waals surface area contributed by atoms with Crippen molar-refractivity contribution in [1.82, 2.24) is 9.78 Å². The molecule has 1 saturated carbocycles. The van der Waals surface area contributed by atoms with Crippen LogP contribution in [0.4, 0.5) is 23.4 Å². The van der Waals surface area contributed by atoms with Gasteiger partial charge in [0.05, 0.1) is 5.92 Å². The molecule has 0 spiro atoms. The summed E-state index contributed by atoms with van der Waals surface area (Å²) in [6.07, 6.45) is 2.59. The predicted octanol–water partition coefficient (Wildman–Crippen LogP) is 5.03. The van der Waals surface area contributed by atoms with E-state index in [4.69, 9.17) is 0 Å². The molecule has 0 saturated heterocycles. The third-order valence-electron chi connectivity index (χ3n) is 6.06. The minimum absolute atomic E-state index is 0.0155. The topological polar surface area (TPSA) is 46.9 Å². The minimum atomic E-state index is -4.27. The number of carbonyl (C=O) groups is 1. The van der Waals surface area contributed by atoms with Gasteiger partial charge in [-0.25, -0.2) is 4.39 Å². The Morgan fingerprint density at radius 1 is 1.39 bits per heavy atom. The van der Waals surface area contributed by atoms with Crippen molar-refractivity contribution in [2.24, 2.45) is 11.3 Å². The highest BCUT2D eigenvalue weighted by atomic mass is 19.4. The van der Waals surface area contributed by atoms with Gasteiger partial charge in [0.2, 0.25) is 5.91 Å². The maximum absolute atomic E-state index is 13.4. The van der Waals surface area contributed by atoms with Gasteiger partial charge in [0.1, 0.15) is 5.83 Å². The summed E-state index contributed by atoms with van der Waals surface area (Å²) in [4.78, 5) is 12.5. The van der Waals surface area contributed by atoms with Crippen molar-refractivity contribution in [3.05, 3.63) is 35.3 Å². The van der Waals surface area contributed by atoms with Crippen LogP contribution >= 0.6 is 0 Å². The van der Waals surface area contributed by atoms with Crippen molar-refractivity contribution in [2.75, 3.05) is 5.32 Å². The number of allylic oxidation sites excluding steroid dienone is 4. The monoisotopic (exact) mass is 397 g/mol. The number of nitrogens with zero attached hydrogens (tertiary/aromatic N) is 2. The third-order valence-corrected chi connectivity index (χ3v) is 6.06. The van der Waals surface area contributed by atoms with Gasteiger partial charge < -0.3 is 5.32 Å². The highest BCUT2D eigenvalue weighted by Crippen LogP contribution is 2.48. The lowest BCUT2D eigenvalue weighted by molar-refractivity contribution is -0.179. The highest BCUT2D eigenvalue weighted by Gasteiger charge is 2.44. The molecular weight excluding hydrogens is 374 g/mol. The molecule has 1 aromatic heterocycles. The Hall–Kier alpha value is -2.12. The molecule has 4 nitrogen and oxygen atoms in total. The van der Waals surface area contributed by atoms with Crippen LogP contribution in [0.3, 0.4) is 0 Å². The first kappa shape index (κ1) is 19.2. The average molecular weight is 397 g/mol. The molecule has 1 amide bonds. The van der Waals surface area contributed by atoms with Crippen molar-refractivity contribution < 1.29 is 22.4 Å². The van der Waals surface area contributed by atoms with E-state index >= 15 is 0 Å². The molecule has 4 rings (SSSR count). The van der Waals surface area contributed by atoms with Gasteiger partial charge in [-0.2, -0.15) is 18.3 Å². The van der Waals surface area contributed by atoms with Crippen LogP contribution in [-0.4, -0.2) is 21.9 Å². The SMILES string of the molecule is CC1(CC(=O)Nc2nn3c(c2C2C=CC(F)=CC2)CC(C(F)(F)F)CC3)CC1. The van der Waals surface area contributed by atoms with E-state index < -0.39 is 12.1 Å². The molecule has 2 atom stereocenters. The second-order valence-corrected chi connectivity index (χ2v) is 8.49. The van der Waals surface area contributed by atoms with Crippen LogP contribution in [0.1, 0.15) is 56.2 Å². The number of amides is 1. The summed E-state index contributed by atoms with van der Waals surface area (Å²) in [5.74, 6) is -1.95. The Balaban J connectivity index is 1.65. The Bertz CT molecular complexity index is 848. The summed E-state index contributed by atoms with van der Waals surface area (Å²) in [5, 5.41) is 7.25. The van der Waals surface area contributed by atoms with Gasteiger partial charge in [-0.3, -0.25) is 9.48 Å². The molecule has 3 aliphatic rings. The molecule has 0 radical (unpaired) electrons. The summed E-state index contributed by atoms with van der Waals surface area (Å²) < 4.78 is 54.9. The standard InChI is InChI=1S/C20H23F4N3O/c1-19(7-8-19)11-16(28)25-18-17(12-2-4-14(21)5-3-12)15-10-13(20(22,23)24)6-9-27(15)26-18/h2,4-5,12-13H,3,6-11H2,1H3,(H,25,26,28). The van der Waals surface area contributed by atoms with Crippen LogP contribution in [0.25, 0.3) is 0 Å². The van der Waals surface area contributed by atoms with E-state index in [-0.39, 0.29) is 42.5 Å². The van der Waals surface area contributed by atoms with Gasteiger partial charge in [0.15, 0.2) is 5.82 Å². The van der Waals surface area contributed by atoms with Gasteiger partial charge >= 0.3 is 6.18 Å². The van der Waals surface area contributed by atoms with E-state index in [9.17, 15) is 22.4 Å². The van der Waals surface area contributed by atoms with Crippen molar-refractivity contribution in [3.63, 3.8) is 0 Å². The summed E-state index contributed by atoms with van der Waals surface area (Å²) >= 11 is 0. The number of alkyl halides is 3. The van der Waals surface area contributed by atoms with E-state index in [0.717, 1.165) is 12.8 Å². The number of carbonyl (C=O) groups excluding carboxylic acids is 1. The summed E-state index contributed by atoms with van der Waals surface area (Å²) in [5.41, 5.74) is 1.09. The molecule has 28 heavy (non-hydrogen) atoms. The Morgan fingerprint density at radius 2 is 2.14 bits per heavy atom. The third kappa shape index (κ3) is 3.86. The summed E-state index contributed by atoms with van der Waals surface area (Å²) in [6.45, 7) is 2.19. The van der Waals surface area contributed by atoms with E-state index in [1.807, 2.05) is 6.92 Å². The Kier molecular flexibility index (Phi) is 4.62. The van der Waals surface area contributed by atoms with E-state index in [2.05, 4.69) is 10.4 Å². The van der Waals surface area contributed by atoms with Gasteiger partial charge in [0.25, 0.3) is 0 Å².